The molecular weight excluding hydrogens is 206 g/mol. The average Bonchev–Trinajstić information content (AvgIpc) is 2.65. The van der Waals surface area contributed by atoms with Crippen molar-refractivity contribution in [3.63, 3.8) is 0 Å². The van der Waals surface area contributed by atoms with Crippen LogP contribution >= 0.6 is 11.8 Å². The van der Waals surface area contributed by atoms with E-state index < -0.39 is 18.5 Å². The monoisotopic (exact) mass is 219 g/mol. The predicted molar refractivity (Wildman–Crippen MR) is 52.2 cm³/mol. The molecule has 6 heteroatoms. The Labute approximate surface area is 85.8 Å². The number of thioether (sulfide) groups is 1. The van der Waals surface area contributed by atoms with Crippen LogP contribution in [0.25, 0.3) is 0 Å². The van der Waals surface area contributed by atoms with E-state index in [0.29, 0.717) is 0 Å². The first-order valence-electron chi connectivity index (χ1n) is 4.47. The standard InChI is InChI=1S/C8H13NO4S/c1-3-9-5-7(14-3)6(4(11)2-10)13-8(5)12/h4-8,10-12H,2H2,1H3/t4?,5-,6+,7+,8-/m0/s1. The molecule has 5 atom stereocenters. The fraction of sp³-hybridized carbons (Fsp3) is 0.875. The number of aliphatic hydroxyl groups is 3. The number of aliphatic imine (C=N–C) groups is 1. The van der Waals surface area contributed by atoms with Crippen LogP contribution in [0.1, 0.15) is 6.92 Å². The Balaban J connectivity index is 2.11. The molecule has 1 fully saturated rings. The summed E-state index contributed by atoms with van der Waals surface area (Å²) in [6.07, 6.45) is -2.45. The first-order chi connectivity index (χ1) is 6.63. The largest absolute Gasteiger partial charge is 0.394 e. The highest BCUT2D eigenvalue weighted by Gasteiger charge is 2.50. The predicted octanol–water partition coefficient (Wildman–Crippen LogP) is -1.04. The van der Waals surface area contributed by atoms with E-state index in [0.717, 1.165) is 5.04 Å². The fourth-order valence-corrected chi connectivity index (χ4v) is 3.09. The molecule has 5 nitrogen and oxygen atoms in total. The lowest BCUT2D eigenvalue weighted by atomic mass is 10.1. The van der Waals surface area contributed by atoms with E-state index in [-0.39, 0.29) is 17.9 Å². The second-order valence-electron chi connectivity index (χ2n) is 3.46. The van der Waals surface area contributed by atoms with Crippen molar-refractivity contribution < 1.29 is 20.1 Å². The second-order valence-corrected chi connectivity index (χ2v) is 4.83. The van der Waals surface area contributed by atoms with Gasteiger partial charge in [0.05, 0.1) is 16.9 Å². The Bertz CT molecular complexity index is 260. The van der Waals surface area contributed by atoms with E-state index in [9.17, 15) is 10.2 Å². The Morgan fingerprint density at radius 3 is 3.00 bits per heavy atom. The van der Waals surface area contributed by atoms with Crippen molar-refractivity contribution in [3.8, 4) is 0 Å². The zero-order valence-electron chi connectivity index (χ0n) is 7.70. The molecule has 0 aliphatic carbocycles. The van der Waals surface area contributed by atoms with Crippen LogP contribution in [0.4, 0.5) is 0 Å². The van der Waals surface area contributed by atoms with Gasteiger partial charge in [-0.3, -0.25) is 4.99 Å². The Kier molecular flexibility index (Phi) is 2.81. The van der Waals surface area contributed by atoms with Gasteiger partial charge in [0, 0.05) is 0 Å². The van der Waals surface area contributed by atoms with Crippen molar-refractivity contribution in [2.24, 2.45) is 4.99 Å². The summed E-state index contributed by atoms with van der Waals surface area (Å²) in [5.74, 6) is 0. The van der Waals surface area contributed by atoms with Crippen molar-refractivity contribution in [1.29, 1.82) is 0 Å². The quantitative estimate of drug-likeness (QED) is 0.552. The maximum absolute atomic E-state index is 9.50. The summed E-state index contributed by atoms with van der Waals surface area (Å²) >= 11 is 1.49. The number of nitrogens with zero attached hydrogens (tertiary/aromatic N) is 1. The summed E-state index contributed by atoms with van der Waals surface area (Å²) in [7, 11) is 0. The molecule has 0 aromatic carbocycles. The SMILES string of the molecule is CC1=N[C@H]2[C@@H](S1)[C@@H](C(O)CO)O[C@@H]2O. The number of fused-ring (bicyclic) bond motifs is 1. The molecule has 2 aliphatic rings. The van der Waals surface area contributed by atoms with Gasteiger partial charge >= 0.3 is 0 Å². The maximum Gasteiger partial charge on any atom is 0.178 e. The number of hydrogen-bond donors (Lipinski definition) is 3. The molecule has 2 aliphatic heterocycles. The van der Waals surface area contributed by atoms with Gasteiger partial charge in [-0.2, -0.15) is 0 Å². The van der Waals surface area contributed by atoms with E-state index in [1.165, 1.54) is 11.8 Å². The van der Waals surface area contributed by atoms with Crippen LogP contribution in [0.15, 0.2) is 4.99 Å². The van der Waals surface area contributed by atoms with Gasteiger partial charge in [0.25, 0.3) is 0 Å². The summed E-state index contributed by atoms with van der Waals surface area (Å²) in [5, 5.41) is 28.6. The second kappa shape index (κ2) is 3.79. The molecule has 0 radical (unpaired) electrons. The smallest absolute Gasteiger partial charge is 0.178 e. The van der Waals surface area contributed by atoms with Crippen LogP contribution in [-0.4, -0.2) is 56.8 Å². The molecular formula is C8H13NO4S. The van der Waals surface area contributed by atoms with Crippen LogP contribution in [-0.2, 0) is 4.74 Å². The highest BCUT2D eigenvalue weighted by Crippen LogP contribution is 2.39. The summed E-state index contributed by atoms with van der Waals surface area (Å²) in [4.78, 5) is 4.21. The average molecular weight is 219 g/mol. The van der Waals surface area contributed by atoms with Gasteiger partial charge < -0.3 is 20.1 Å². The molecule has 0 bridgehead atoms. The lowest BCUT2D eigenvalue weighted by Crippen LogP contribution is -2.37. The summed E-state index contributed by atoms with van der Waals surface area (Å²) in [6, 6.07) is -0.300. The summed E-state index contributed by atoms with van der Waals surface area (Å²) in [5.41, 5.74) is 0. The number of ether oxygens (including phenoxy) is 1. The molecule has 0 aromatic rings. The number of rotatable bonds is 2. The molecule has 2 heterocycles. The van der Waals surface area contributed by atoms with Gasteiger partial charge in [-0.1, -0.05) is 0 Å². The zero-order chi connectivity index (χ0) is 10.3. The van der Waals surface area contributed by atoms with Gasteiger partial charge in [0.2, 0.25) is 0 Å². The molecule has 1 unspecified atom stereocenters. The molecule has 1 saturated heterocycles. The van der Waals surface area contributed by atoms with Gasteiger partial charge in [-0.25, -0.2) is 0 Å². The normalized spacial score (nSPS) is 43.6. The Hall–Kier alpha value is -0.140. The lowest BCUT2D eigenvalue weighted by Gasteiger charge is -2.19. The van der Waals surface area contributed by atoms with Gasteiger partial charge in [0.15, 0.2) is 6.29 Å². The molecule has 80 valence electrons. The molecule has 14 heavy (non-hydrogen) atoms. The van der Waals surface area contributed by atoms with Crippen LogP contribution < -0.4 is 0 Å². The van der Waals surface area contributed by atoms with E-state index >= 15 is 0 Å². The van der Waals surface area contributed by atoms with Gasteiger partial charge in [0.1, 0.15) is 18.2 Å². The first-order valence-corrected chi connectivity index (χ1v) is 5.35. The molecule has 0 amide bonds. The van der Waals surface area contributed by atoms with E-state index in [1.807, 2.05) is 6.92 Å². The third-order valence-electron chi connectivity index (χ3n) is 2.45. The number of aliphatic hydroxyl groups excluding tert-OH is 3. The molecule has 0 saturated carbocycles. The fourth-order valence-electron chi connectivity index (χ4n) is 1.80. The Morgan fingerprint density at radius 1 is 1.64 bits per heavy atom. The maximum atomic E-state index is 9.50. The van der Waals surface area contributed by atoms with Crippen molar-refractivity contribution in [3.05, 3.63) is 0 Å². The van der Waals surface area contributed by atoms with E-state index in [1.54, 1.807) is 0 Å². The summed E-state index contributed by atoms with van der Waals surface area (Å²) in [6.45, 7) is 1.50. The van der Waals surface area contributed by atoms with Crippen molar-refractivity contribution in [2.75, 3.05) is 6.61 Å². The lowest BCUT2D eigenvalue weighted by molar-refractivity contribution is -0.130. The molecule has 0 aromatic heterocycles. The highest BCUT2D eigenvalue weighted by atomic mass is 32.2. The topological polar surface area (TPSA) is 82.3 Å². The van der Waals surface area contributed by atoms with Crippen LogP contribution in [0.5, 0.6) is 0 Å². The van der Waals surface area contributed by atoms with Gasteiger partial charge in [-0.15, -0.1) is 11.8 Å². The minimum atomic E-state index is -0.962. The van der Waals surface area contributed by atoms with Crippen LogP contribution in [0.3, 0.4) is 0 Å². The minimum Gasteiger partial charge on any atom is -0.394 e. The Morgan fingerprint density at radius 2 is 2.36 bits per heavy atom. The van der Waals surface area contributed by atoms with Crippen molar-refractivity contribution in [1.82, 2.24) is 0 Å². The van der Waals surface area contributed by atoms with Crippen molar-refractivity contribution >= 4 is 16.8 Å². The van der Waals surface area contributed by atoms with Crippen molar-refractivity contribution in [2.45, 2.75) is 36.7 Å². The van der Waals surface area contributed by atoms with Crippen LogP contribution in [0.2, 0.25) is 0 Å². The third-order valence-corrected chi connectivity index (χ3v) is 3.72. The molecule has 0 spiro atoms. The zero-order valence-corrected chi connectivity index (χ0v) is 8.52. The third kappa shape index (κ3) is 1.57. The van der Waals surface area contributed by atoms with Gasteiger partial charge in [-0.05, 0) is 6.92 Å². The molecule has 3 N–H and O–H groups in total. The first kappa shape index (κ1) is 10.4. The van der Waals surface area contributed by atoms with Crippen LogP contribution in [0, 0.1) is 0 Å². The minimum absolute atomic E-state index is 0.0767. The highest BCUT2D eigenvalue weighted by molar-refractivity contribution is 8.14. The summed E-state index contributed by atoms with van der Waals surface area (Å²) < 4.78 is 5.15. The van der Waals surface area contributed by atoms with E-state index in [4.69, 9.17) is 9.84 Å². The van der Waals surface area contributed by atoms with E-state index in [2.05, 4.69) is 4.99 Å². The molecule has 2 rings (SSSR count). The number of hydrogen-bond acceptors (Lipinski definition) is 6.